The van der Waals surface area contributed by atoms with Crippen LogP contribution in [0.5, 0.6) is 0 Å². The van der Waals surface area contributed by atoms with E-state index in [9.17, 15) is 14.4 Å². The van der Waals surface area contributed by atoms with Gasteiger partial charge in [0.15, 0.2) is 22.1 Å². The van der Waals surface area contributed by atoms with Crippen LogP contribution in [0.4, 0.5) is 0 Å². The normalized spacial score (nSPS) is 13.9. The van der Waals surface area contributed by atoms with Crippen molar-refractivity contribution < 1.29 is 4.79 Å². The maximum atomic E-state index is 13.7. The van der Waals surface area contributed by atoms with Gasteiger partial charge in [-0.1, -0.05) is 53.7 Å². The monoisotopic (exact) mass is 481 g/mol. The maximum absolute atomic E-state index is 13.7. The highest BCUT2D eigenvalue weighted by Gasteiger charge is 2.32. The number of ketones is 1. The van der Waals surface area contributed by atoms with Crippen LogP contribution in [0.25, 0.3) is 11.2 Å². The summed E-state index contributed by atoms with van der Waals surface area (Å²) in [4.78, 5) is 44.9. The number of thioether (sulfide) groups is 1. The minimum atomic E-state index is -0.492. The van der Waals surface area contributed by atoms with Crippen LogP contribution < -0.4 is 17.0 Å². The molecule has 0 aliphatic heterocycles. The Bertz CT molecular complexity index is 1370. The molecule has 9 heteroatoms. The van der Waals surface area contributed by atoms with E-state index in [0.29, 0.717) is 35.0 Å². The third-order valence-electron chi connectivity index (χ3n) is 5.88. The van der Waals surface area contributed by atoms with Crippen LogP contribution in [-0.4, -0.2) is 35.8 Å². The second-order valence-electron chi connectivity index (χ2n) is 9.59. The van der Waals surface area contributed by atoms with Gasteiger partial charge in [-0.3, -0.25) is 18.7 Å². The number of rotatable bonds is 9. The van der Waals surface area contributed by atoms with Gasteiger partial charge in [0.25, 0.3) is 5.56 Å². The number of nitrogens with zero attached hydrogens (tertiary/aromatic N) is 4. The number of benzene rings is 1. The fraction of sp³-hybridized carbons (Fsp3) is 0.440. The van der Waals surface area contributed by atoms with Crippen LogP contribution >= 0.6 is 11.8 Å². The van der Waals surface area contributed by atoms with Gasteiger partial charge in [-0.15, -0.1) is 0 Å². The number of hydrogen-bond acceptors (Lipinski definition) is 6. The number of imidazole rings is 1. The first kappa shape index (κ1) is 24.2. The molecule has 1 aliphatic rings. The van der Waals surface area contributed by atoms with Gasteiger partial charge < -0.3 is 10.3 Å². The SMILES string of the molecule is CC(C)=CCn1c(SC(C)(C)CN)nc2c1c(=O)n(CC(=O)c1ccccc1)c(=O)n2C1CC1. The second-order valence-corrected chi connectivity index (χ2v) is 11.3. The van der Waals surface area contributed by atoms with Crippen molar-refractivity contribution in [2.75, 3.05) is 6.54 Å². The standard InChI is InChI=1S/C25H31N5O3S/c1-16(2)12-13-28-20-21(27-23(28)34-25(3,4)15-26)30(18-10-11-18)24(33)29(22(20)32)14-19(31)17-8-6-5-7-9-17/h5-9,12,18H,10-11,13-15,26H2,1-4H3. The summed E-state index contributed by atoms with van der Waals surface area (Å²) >= 11 is 1.49. The first-order valence-electron chi connectivity index (χ1n) is 11.5. The summed E-state index contributed by atoms with van der Waals surface area (Å²) in [5, 5.41) is 0.640. The third kappa shape index (κ3) is 4.81. The molecule has 0 atom stereocenters. The average molecular weight is 482 g/mol. The Labute approximate surface area is 202 Å². The Morgan fingerprint density at radius 1 is 1.18 bits per heavy atom. The summed E-state index contributed by atoms with van der Waals surface area (Å²) < 4.78 is 4.22. The Morgan fingerprint density at radius 3 is 2.44 bits per heavy atom. The Morgan fingerprint density at radius 2 is 1.85 bits per heavy atom. The minimum Gasteiger partial charge on any atom is -0.329 e. The Kier molecular flexibility index (Phi) is 6.69. The number of fused-ring (bicyclic) bond motifs is 1. The molecule has 180 valence electrons. The van der Waals surface area contributed by atoms with E-state index >= 15 is 0 Å². The van der Waals surface area contributed by atoms with Gasteiger partial charge in [-0.2, -0.15) is 0 Å². The lowest BCUT2D eigenvalue weighted by molar-refractivity contribution is 0.0968. The zero-order chi connectivity index (χ0) is 24.6. The second kappa shape index (κ2) is 9.38. The average Bonchev–Trinajstić information content (AvgIpc) is 3.57. The number of nitrogens with two attached hydrogens (primary N) is 1. The van der Waals surface area contributed by atoms with Gasteiger partial charge in [-0.05, 0) is 40.5 Å². The van der Waals surface area contributed by atoms with Crippen molar-refractivity contribution in [3.63, 3.8) is 0 Å². The number of carbonyl (C=O) groups is 1. The fourth-order valence-corrected chi connectivity index (χ4v) is 4.69. The van der Waals surface area contributed by atoms with Gasteiger partial charge in [0, 0.05) is 29.4 Å². The molecule has 4 rings (SSSR count). The smallest absolute Gasteiger partial charge is 0.329 e. The summed E-state index contributed by atoms with van der Waals surface area (Å²) in [6.45, 7) is 8.58. The van der Waals surface area contributed by atoms with Crippen LogP contribution in [0.2, 0.25) is 0 Å². The molecule has 0 amide bonds. The zero-order valence-corrected chi connectivity index (χ0v) is 20.9. The van der Waals surface area contributed by atoms with Crippen molar-refractivity contribution in [3.8, 4) is 0 Å². The first-order valence-corrected chi connectivity index (χ1v) is 12.3. The summed E-state index contributed by atoms with van der Waals surface area (Å²) in [6, 6.07) is 8.71. The minimum absolute atomic E-state index is 0.0131. The summed E-state index contributed by atoms with van der Waals surface area (Å²) in [6.07, 6.45) is 3.71. The van der Waals surface area contributed by atoms with Crippen molar-refractivity contribution >= 4 is 28.7 Å². The maximum Gasteiger partial charge on any atom is 0.333 e. The molecule has 0 spiro atoms. The molecule has 0 radical (unpaired) electrons. The predicted octanol–water partition coefficient (Wildman–Crippen LogP) is 3.37. The molecule has 2 N–H and O–H groups in total. The van der Waals surface area contributed by atoms with E-state index in [1.165, 1.54) is 11.8 Å². The van der Waals surface area contributed by atoms with Gasteiger partial charge in [0.05, 0.1) is 6.54 Å². The molecule has 8 nitrogen and oxygen atoms in total. The molecular formula is C25H31N5O3S. The van der Waals surface area contributed by atoms with Gasteiger partial charge >= 0.3 is 5.69 Å². The summed E-state index contributed by atoms with van der Waals surface area (Å²) in [7, 11) is 0. The fourth-order valence-electron chi connectivity index (χ4n) is 3.70. The molecule has 1 saturated carbocycles. The van der Waals surface area contributed by atoms with Crippen LogP contribution in [0.1, 0.15) is 56.9 Å². The van der Waals surface area contributed by atoms with E-state index in [4.69, 9.17) is 10.7 Å². The highest BCUT2D eigenvalue weighted by atomic mass is 32.2. The zero-order valence-electron chi connectivity index (χ0n) is 20.1. The Balaban J connectivity index is 1.95. The summed E-state index contributed by atoms with van der Waals surface area (Å²) in [5.41, 5.74) is 7.30. The Hall–Kier alpha value is -2.91. The third-order valence-corrected chi connectivity index (χ3v) is 7.09. The largest absolute Gasteiger partial charge is 0.333 e. The highest BCUT2D eigenvalue weighted by molar-refractivity contribution is 8.00. The van der Waals surface area contributed by atoms with Crippen molar-refractivity contribution in [1.82, 2.24) is 18.7 Å². The molecule has 0 saturated heterocycles. The molecule has 34 heavy (non-hydrogen) atoms. The lowest BCUT2D eigenvalue weighted by Gasteiger charge is -2.21. The van der Waals surface area contributed by atoms with Crippen LogP contribution in [0, 0.1) is 0 Å². The number of allylic oxidation sites excluding steroid dienone is 2. The van der Waals surface area contributed by atoms with Gasteiger partial charge in [-0.25, -0.2) is 9.78 Å². The molecule has 1 fully saturated rings. The topological polar surface area (TPSA) is 105 Å². The molecule has 2 heterocycles. The molecule has 0 bridgehead atoms. The van der Waals surface area contributed by atoms with Crippen molar-refractivity contribution in [2.45, 2.75) is 69.6 Å². The van der Waals surface area contributed by atoms with Crippen LogP contribution in [0.15, 0.2) is 56.7 Å². The van der Waals surface area contributed by atoms with Gasteiger partial charge in [0.1, 0.15) is 0 Å². The number of carbonyl (C=O) groups excluding carboxylic acids is 1. The first-order chi connectivity index (χ1) is 16.1. The van der Waals surface area contributed by atoms with E-state index in [-0.39, 0.29) is 23.1 Å². The molecule has 1 aliphatic carbocycles. The molecule has 2 aromatic heterocycles. The van der Waals surface area contributed by atoms with E-state index in [2.05, 4.69) is 0 Å². The lowest BCUT2D eigenvalue weighted by Crippen LogP contribution is -2.42. The molecule has 1 aromatic carbocycles. The predicted molar refractivity (Wildman–Crippen MR) is 136 cm³/mol. The number of aromatic nitrogens is 4. The quantitative estimate of drug-likeness (QED) is 0.285. The van der Waals surface area contributed by atoms with Gasteiger partial charge in [0.2, 0.25) is 0 Å². The number of hydrogen-bond donors (Lipinski definition) is 1. The highest BCUT2D eigenvalue weighted by Crippen LogP contribution is 2.37. The molecular weight excluding hydrogens is 450 g/mol. The van der Waals surface area contributed by atoms with Crippen LogP contribution in [-0.2, 0) is 13.1 Å². The van der Waals surface area contributed by atoms with Crippen molar-refractivity contribution in [2.24, 2.45) is 5.73 Å². The van der Waals surface area contributed by atoms with E-state index < -0.39 is 11.2 Å². The summed E-state index contributed by atoms with van der Waals surface area (Å²) in [5.74, 6) is -0.282. The molecule has 3 aromatic rings. The van der Waals surface area contributed by atoms with Crippen molar-refractivity contribution in [1.29, 1.82) is 0 Å². The number of Topliss-reactive ketones (excluding diaryl/α,β-unsaturated/α-hetero) is 1. The van der Waals surface area contributed by atoms with E-state index in [1.807, 2.05) is 44.4 Å². The van der Waals surface area contributed by atoms with E-state index in [1.54, 1.807) is 28.8 Å². The van der Waals surface area contributed by atoms with Crippen LogP contribution in [0.3, 0.4) is 0 Å². The van der Waals surface area contributed by atoms with Crippen molar-refractivity contribution in [3.05, 3.63) is 68.4 Å². The van der Waals surface area contributed by atoms with E-state index in [0.717, 1.165) is 23.0 Å². The molecule has 0 unspecified atom stereocenters. The lowest BCUT2D eigenvalue weighted by atomic mass is 10.1.